The van der Waals surface area contributed by atoms with Crippen LogP contribution in [0.25, 0.3) is 0 Å². The molecule has 0 atom stereocenters. The van der Waals surface area contributed by atoms with Crippen LogP contribution in [0, 0.1) is 0 Å². The van der Waals surface area contributed by atoms with Gasteiger partial charge in [0.25, 0.3) is 5.91 Å². The van der Waals surface area contributed by atoms with E-state index >= 15 is 0 Å². The Balaban J connectivity index is 1.98. The first-order chi connectivity index (χ1) is 8.09. The van der Waals surface area contributed by atoms with E-state index in [1.807, 2.05) is 4.90 Å². The highest BCUT2D eigenvalue weighted by atomic mass is 79.9. The third-order valence-electron chi connectivity index (χ3n) is 3.33. The molecule has 1 aliphatic heterocycles. The van der Waals surface area contributed by atoms with E-state index in [0.29, 0.717) is 16.3 Å². The molecule has 0 unspecified atom stereocenters. The van der Waals surface area contributed by atoms with Crippen molar-refractivity contribution >= 4 is 21.8 Å². The van der Waals surface area contributed by atoms with Crippen LogP contribution >= 0.6 is 15.9 Å². The minimum absolute atomic E-state index is 0.0582. The molecule has 0 radical (unpaired) electrons. The number of amides is 1. The van der Waals surface area contributed by atoms with Crippen LogP contribution < -0.4 is 0 Å². The fraction of sp³-hybridized carbons (Fsp3) is 0.583. The van der Waals surface area contributed by atoms with Gasteiger partial charge in [-0.3, -0.25) is 4.79 Å². The summed E-state index contributed by atoms with van der Waals surface area (Å²) in [4.78, 5) is 16.3. The van der Waals surface area contributed by atoms with Crippen molar-refractivity contribution in [3.63, 3.8) is 0 Å². The Morgan fingerprint density at radius 1 is 1.47 bits per heavy atom. The second kappa shape index (κ2) is 5.23. The number of piperidine rings is 1. The van der Waals surface area contributed by atoms with E-state index in [2.05, 4.69) is 34.9 Å². The number of furan rings is 1. The second-order valence-corrected chi connectivity index (χ2v) is 5.32. The third-order valence-corrected chi connectivity index (χ3v) is 3.94. The lowest BCUT2D eigenvalue weighted by Gasteiger charge is -2.35. The van der Waals surface area contributed by atoms with Crippen LogP contribution in [0.1, 0.15) is 23.2 Å². The smallest absolute Gasteiger partial charge is 0.258 e. The predicted octanol–water partition coefficient (Wildman–Crippen LogP) is 2.21. The molecule has 17 heavy (non-hydrogen) atoms. The zero-order valence-corrected chi connectivity index (χ0v) is 11.7. The molecule has 1 fully saturated rings. The van der Waals surface area contributed by atoms with Crippen molar-refractivity contribution in [3.8, 4) is 0 Å². The third kappa shape index (κ3) is 2.72. The molecule has 1 aromatic heterocycles. The monoisotopic (exact) mass is 300 g/mol. The Hall–Kier alpha value is -0.810. The van der Waals surface area contributed by atoms with Gasteiger partial charge in [-0.05, 0) is 48.9 Å². The SMILES string of the molecule is CN(C)C1CCN(C(=O)c2ccoc2Br)CC1. The number of carbonyl (C=O) groups is 1. The summed E-state index contributed by atoms with van der Waals surface area (Å²) >= 11 is 3.25. The van der Waals surface area contributed by atoms with Gasteiger partial charge in [-0.15, -0.1) is 0 Å². The highest BCUT2D eigenvalue weighted by Crippen LogP contribution is 2.22. The Morgan fingerprint density at radius 2 is 2.12 bits per heavy atom. The maximum atomic E-state index is 12.2. The molecule has 0 aliphatic carbocycles. The molecule has 5 heteroatoms. The summed E-state index contributed by atoms with van der Waals surface area (Å²) in [6.07, 6.45) is 3.60. The largest absolute Gasteiger partial charge is 0.457 e. The topological polar surface area (TPSA) is 36.7 Å². The normalized spacial score (nSPS) is 17.8. The first-order valence-corrected chi connectivity index (χ1v) is 6.57. The van der Waals surface area contributed by atoms with E-state index in [0.717, 1.165) is 25.9 Å². The maximum Gasteiger partial charge on any atom is 0.258 e. The van der Waals surface area contributed by atoms with Crippen LogP contribution in [-0.2, 0) is 0 Å². The first kappa shape index (κ1) is 12.6. The van der Waals surface area contributed by atoms with Crippen LogP contribution in [0.2, 0.25) is 0 Å². The molecule has 4 nitrogen and oxygen atoms in total. The van der Waals surface area contributed by atoms with Gasteiger partial charge in [0.2, 0.25) is 0 Å². The summed E-state index contributed by atoms with van der Waals surface area (Å²) < 4.78 is 5.62. The average Bonchev–Trinajstić information content (AvgIpc) is 2.74. The van der Waals surface area contributed by atoms with Gasteiger partial charge in [0, 0.05) is 19.1 Å². The highest BCUT2D eigenvalue weighted by molar-refractivity contribution is 9.10. The summed E-state index contributed by atoms with van der Waals surface area (Å²) in [6.45, 7) is 1.64. The number of halogens is 1. The Labute approximate surface area is 110 Å². The fourth-order valence-electron chi connectivity index (χ4n) is 2.20. The molecule has 2 heterocycles. The van der Waals surface area contributed by atoms with Crippen LogP contribution in [-0.4, -0.2) is 48.9 Å². The van der Waals surface area contributed by atoms with Crippen molar-refractivity contribution in [3.05, 3.63) is 22.6 Å². The van der Waals surface area contributed by atoms with Gasteiger partial charge in [-0.25, -0.2) is 0 Å². The molecule has 0 saturated carbocycles. The number of hydrogen-bond acceptors (Lipinski definition) is 3. The number of hydrogen-bond donors (Lipinski definition) is 0. The molecule has 2 rings (SSSR count). The highest BCUT2D eigenvalue weighted by Gasteiger charge is 2.26. The molecule has 0 aromatic carbocycles. The minimum Gasteiger partial charge on any atom is -0.457 e. The lowest BCUT2D eigenvalue weighted by atomic mass is 10.0. The van der Waals surface area contributed by atoms with Crippen LogP contribution in [0.15, 0.2) is 21.4 Å². The summed E-state index contributed by atoms with van der Waals surface area (Å²) in [7, 11) is 4.18. The summed E-state index contributed by atoms with van der Waals surface area (Å²) in [6, 6.07) is 2.30. The number of nitrogens with zero attached hydrogens (tertiary/aromatic N) is 2. The zero-order valence-electron chi connectivity index (χ0n) is 10.1. The van der Waals surface area contributed by atoms with Gasteiger partial charge in [0.05, 0.1) is 11.8 Å². The van der Waals surface area contributed by atoms with Crippen LogP contribution in [0.5, 0.6) is 0 Å². The van der Waals surface area contributed by atoms with E-state index in [1.54, 1.807) is 6.07 Å². The molecule has 1 aliphatic rings. The van der Waals surface area contributed by atoms with Crippen molar-refractivity contribution in [2.24, 2.45) is 0 Å². The summed E-state index contributed by atoms with van der Waals surface area (Å²) in [5.41, 5.74) is 0.619. The second-order valence-electron chi connectivity index (χ2n) is 4.59. The molecule has 0 spiro atoms. The van der Waals surface area contributed by atoms with Crippen molar-refractivity contribution in [2.75, 3.05) is 27.2 Å². The van der Waals surface area contributed by atoms with Crippen molar-refractivity contribution in [1.82, 2.24) is 9.80 Å². The molecule has 0 N–H and O–H groups in total. The average molecular weight is 301 g/mol. The lowest BCUT2D eigenvalue weighted by Crippen LogP contribution is -2.44. The Kier molecular flexibility index (Phi) is 3.89. The molecular formula is C12H17BrN2O2. The quantitative estimate of drug-likeness (QED) is 0.840. The molecule has 1 aromatic rings. The molecular weight excluding hydrogens is 284 g/mol. The van der Waals surface area contributed by atoms with Gasteiger partial charge in [0.15, 0.2) is 4.67 Å². The van der Waals surface area contributed by atoms with E-state index in [1.165, 1.54) is 6.26 Å². The summed E-state index contributed by atoms with van der Waals surface area (Å²) in [5.74, 6) is 0.0582. The Bertz CT molecular complexity index is 395. The van der Waals surface area contributed by atoms with Crippen LogP contribution in [0.3, 0.4) is 0 Å². The fourth-order valence-corrected chi connectivity index (χ4v) is 2.61. The maximum absolute atomic E-state index is 12.2. The van der Waals surface area contributed by atoms with E-state index in [-0.39, 0.29) is 5.91 Å². The number of carbonyl (C=O) groups excluding carboxylic acids is 1. The van der Waals surface area contributed by atoms with E-state index < -0.39 is 0 Å². The zero-order chi connectivity index (χ0) is 12.4. The van der Waals surface area contributed by atoms with Crippen molar-refractivity contribution in [1.29, 1.82) is 0 Å². The number of likely N-dealkylation sites (tertiary alicyclic amines) is 1. The van der Waals surface area contributed by atoms with Gasteiger partial charge < -0.3 is 14.2 Å². The van der Waals surface area contributed by atoms with Gasteiger partial charge in [0.1, 0.15) is 0 Å². The molecule has 1 saturated heterocycles. The van der Waals surface area contributed by atoms with Crippen molar-refractivity contribution < 1.29 is 9.21 Å². The predicted molar refractivity (Wildman–Crippen MR) is 69.0 cm³/mol. The number of rotatable bonds is 2. The van der Waals surface area contributed by atoms with E-state index in [4.69, 9.17) is 4.42 Å². The standard InChI is InChI=1S/C12H17BrN2O2/c1-14(2)9-3-6-15(7-4-9)12(16)10-5-8-17-11(10)13/h5,8-9H,3-4,6-7H2,1-2H3. The van der Waals surface area contributed by atoms with Gasteiger partial charge >= 0.3 is 0 Å². The van der Waals surface area contributed by atoms with E-state index in [9.17, 15) is 4.79 Å². The molecule has 0 bridgehead atoms. The molecule has 1 amide bonds. The van der Waals surface area contributed by atoms with Crippen LogP contribution in [0.4, 0.5) is 0 Å². The van der Waals surface area contributed by atoms with Crippen molar-refractivity contribution in [2.45, 2.75) is 18.9 Å². The summed E-state index contributed by atoms with van der Waals surface area (Å²) in [5, 5.41) is 0. The Morgan fingerprint density at radius 3 is 2.59 bits per heavy atom. The minimum atomic E-state index is 0.0582. The first-order valence-electron chi connectivity index (χ1n) is 5.78. The lowest BCUT2D eigenvalue weighted by molar-refractivity contribution is 0.0661. The molecule has 94 valence electrons. The van der Waals surface area contributed by atoms with Gasteiger partial charge in [-0.2, -0.15) is 0 Å². The van der Waals surface area contributed by atoms with Gasteiger partial charge in [-0.1, -0.05) is 0 Å².